The first-order chi connectivity index (χ1) is 8.28. The zero-order valence-corrected chi connectivity index (χ0v) is 11.2. The van der Waals surface area contributed by atoms with Gasteiger partial charge in [-0.3, -0.25) is 4.79 Å². The molecule has 0 aromatic heterocycles. The minimum Gasteiger partial charge on any atom is -0.480 e. The topological polar surface area (TPSA) is 78.9 Å². The number of hydrogen-bond acceptors (Lipinski definition) is 4. The van der Waals surface area contributed by atoms with Crippen molar-refractivity contribution in [2.45, 2.75) is 45.3 Å². The van der Waals surface area contributed by atoms with Crippen molar-refractivity contribution in [2.75, 3.05) is 19.6 Å². The fourth-order valence-electron chi connectivity index (χ4n) is 1.87. The Balaban J connectivity index is 2.43. The van der Waals surface area contributed by atoms with Gasteiger partial charge in [0.2, 0.25) is 0 Å². The molecule has 0 saturated carbocycles. The Hall–Kier alpha value is -1.30. The number of ether oxygens (including phenoxy) is 1. The zero-order chi connectivity index (χ0) is 13.8. The minimum atomic E-state index is -0.885. The fraction of sp³-hybridized carbons (Fsp3) is 0.833. The number of carbonyl (C=O) groups excluding carboxylic acids is 1. The van der Waals surface area contributed by atoms with Crippen LogP contribution in [0.4, 0.5) is 4.79 Å². The third-order valence-electron chi connectivity index (χ3n) is 2.62. The summed E-state index contributed by atoms with van der Waals surface area (Å²) in [6.07, 6.45) is 1.41. The van der Waals surface area contributed by atoms with Crippen LogP contribution in [0.2, 0.25) is 0 Å². The van der Waals surface area contributed by atoms with E-state index >= 15 is 0 Å². The Bertz CT molecular complexity index is 312. The Morgan fingerprint density at radius 3 is 2.67 bits per heavy atom. The number of aliphatic carboxylic acids is 1. The van der Waals surface area contributed by atoms with E-state index in [0.29, 0.717) is 13.1 Å². The highest BCUT2D eigenvalue weighted by Gasteiger charge is 2.27. The van der Waals surface area contributed by atoms with Crippen LogP contribution in [-0.2, 0) is 9.53 Å². The van der Waals surface area contributed by atoms with Gasteiger partial charge in [-0.2, -0.15) is 0 Å². The highest BCUT2D eigenvalue weighted by Crippen LogP contribution is 2.15. The van der Waals surface area contributed by atoms with Gasteiger partial charge in [0.25, 0.3) is 0 Å². The van der Waals surface area contributed by atoms with Gasteiger partial charge in [0.1, 0.15) is 5.60 Å². The lowest BCUT2D eigenvalue weighted by molar-refractivity contribution is -0.136. The predicted octanol–water partition coefficient (Wildman–Crippen LogP) is 1.06. The van der Waals surface area contributed by atoms with Crippen molar-refractivity contribution in [1.82, 2.24) is 10.2 Å². The molecule has 2 N–H and O–H groups in total. The molecule has 104 valence electrons. The zero-order valence-electron chi connectivity index (χ0n) is 11.2. The first-order valence-electron chi connectivity index (χ1n) is 6.21. The maximum absolute atomic E-state index is 11.9. The van der Waals surface area contributed by atoms with Crippen LogP contribution in [0.5, 0.6) is 0 Å². The molecular formula is C12H22N2O4. The monoisotopic (exact) mass is 258 g/mol. The number of carboxylic acids is 1. The number of amides is 1. The van der Waals surface area contributed by atoms with Crippen molar-refractivity contribution in [3.63, 3.8) is 0 Å². The lowest BCUT2D eigenvalue weighted by atomic mass is 10.1. The highest BCUT2D eigenvalue weighted by atomic mass is 16.6. The lowest BCUT2D eigenvalue weighted by Crippen LogP contribution is -2.50. The molecule has 18 heavy (non-hydrogen) atoms. The van der Waals surface area contributed by atoms with E-state index in [4.69, 9.17) is 9.84 Å². The first-order valence-corrected chi connectivity index (χ1v) is 6.21. The number of hydrogen-bond donors (Lipinski definition) is 2. The molecule has 0 aromatic carbocycles. The normalized spacial score (nSPS) is 20.6. The van der Waals surface area contributed by atoms with E-state index in [2.05, 4.69) is 5.32 Å². The van der Waals surface area contributed by atoms with Crippen LogP contribution in [0, 0.1) is 0 Å². The summed E-state index contributed by atoms with van der Waals surface area (Å²) in [4.78, 5) is 24.0. The molecule has 0 aromatic rings. The van der Waals surface area contributed by atoms with Crippen molar-refractivity contribution < 1.29 is 19.4 Å². The summed E-state index contributed by atoms with van der Waals surface area (Å²) in [5, 5.41) is 11.5. The molecule has 1 saturated heterocycles. The maximum atomic E-state index is 11.9. The van der Waals surface area contributed by atoms with E-state index < -0.39 is 11.6 Å². The molecule has 1 heterocycles. The van der Waals surface area contributed by atoms with Gasteiger partial charge in [0, 0.05) is 19.1 Å². The van der Waals surface area contributed by atoms with Crippen LogP contribution < -0.4 is 5.32 Å². The third kappa shape index (κ3) is 5.35. The van der Waals surface area contributed by atoms with Crippen LogP contribution in [0.1, 0.15) is 33.6 Å². The van der Waals surface area contributed by atoms with Gasteiger partial charge >= 0.3 is 12.1 Å². The molecule has 1 amide bonds. The maximum Gasteiger partial charge on any atom is 0.410 e. The van der Waals surface area contributed by atoms with Gasteiger partial charge in [-0.1, -0.05) is 0 Å². The van der Waals surface area contributed by atoms with Crippen LogP contribution >= 0.6 is 0 Å². The molecule has 1 fully saturated rings. The van der Waals surface area contributed by atoms with E-state index in [0.717, 1.165) is 12.8 Å². The van der Waals surface area contributed by atoms with Crippen LogP contribution in [0.15, 0.2) is 0 Å². The standard InChI is InChI=1S/C12H22N2O4/c1-12(2,3)18-11(17)14-6-4-5-9(8-14)13-7-10(15)16/h9,13H,4-8H2,1-3H3,(H,15,16)/t9-/m0/s1. The molecule has 1 atom stereocenters. The summed E-state index contributed by atoms with van der Waals surface area (Å²) in [5.41, 5.74) is -0.501. The number of piperidine rings is 1. The molecule has 1 aliphatic rings. The van der Waals surface area contributed by atoms with Crippen LogP contribution in [-0.4, -0.2) is 53.3 Å². The van der Waals surface area contributed by atoms with Crippen LogP contribution in [0.25, 0.3) is 0 Å². The first kappa shape index (κ1) is 14.8. The van der Waals surface area contributed by atoms with E-state index in [1.807, 2.05) is 20.8 Å². The second kappa shape index (κ2) is 6.04. The number of likely N-dealkylation sites (tertiary alicyclic amines) is 1. The Morgan fingerprint density at radius 1 is 1.44 bits per heavy atom. The Labute approximate surface area is 107 Å². The van der Waals surface area contributed by atoms with Gasteiger partial charge < -0.3 is 20.1 Å². The van der Waals surface area contributed by atoms with E-state index in [1.165, 1.54) is 0 Å². The van der Waals surface area contributed by atoms with Gasteiger partial charge in [0.05, 0.1) is 6.54 Å². The van der Waals surface area contributed by atoms with Crippen LogP contribution in [0.3, 0.4) is 0 Å². The smallest absolute Gasteiger partial charge is 0.410 e. The molecule has 0 spiro atoms. The summed E-state index contributed by atoms with van der Waals surface area (Å²) < 4.78 is 5.29. The summed E-state index contributed by atoms with van der Waals surface area (Å²) >= 11 is 0. The van der Waals surface area contributed by atoms with Crippen molar-refractivity contribution in [3.05, 3.63) is 0 Å². The average molecular weight is 258 g/mol. The lowest BCUT2D eigenvalue weighted by Gasteiger charge is -2.34. The third-order valence-corrected chi connectivity index (χ3v) is 2.62. The molecule has 0 bridgehead atoms. The van der Waals surface area contributed by atoms with Gasteiger partial charge in [-0.25, -0.2) is 4.79 Å². The van der Waals surface area contributed by atoms with Crippen molar-refractivity contribution in [3.8, 4) is 0 Å². The molecule has 0 aliphatic carbocycles. The Morgan fingerprint density at radius 2 is 2.11 bits per heavy atom. The number of carbonyl (C=O) groups is 2. The molecule has 0 unspecified atom stereocenters. The highest BCUT2D eigenvalue weighted by molar-refractivity contribution is 5.69. The van der Waals surface area contributed by atoms with Gasteiger partial charge in [0.15, 0.2) is 0 Å². The van der Waals surface area contributed by atoms with Crippen molar-refractivity contribution >= 4 is 12.1 Å². The van der Waals surface area contributed by atoms with E-state index in [-0.39, 0.29) is 18.7 Å². The molecule has 6 heteroatoms. The quantitative estimate of drug-likeness (QED) is 0.791. The summed E-state index contributed by atoms with van der Waals surface area (Å²) in [6, 6.07) is 0.0300. The SMILES string of the molecule is CC(C)(C)OC(=O)N1CCC[C@H](NCC(=O)O)C1. The predicted molar refractivity (Wildman–Crippen MR) is 66.5 cm³/mol. The number of nitrogens with zero attached hydrogens (tertiary/aromatic N) is 1. The largest absolute Gasteiger partial charge is 0.480 e. The minimum absolute atomic E-state index is 0.0300. The summed E-state index contributed by atoms with van der Waals surface area (Å²) in [7, 11) is 0. The molecular weight excluding hydrogens is 236 g/mol. The Kier molecular flexibility index (Phi) is 4.95. The summed E-state index contributed by atoms with van der Waals surface area (Å²) in [5.74, 6) is -0.885. The van der Waals surface area contributed by atoms with E-state index in [1.54, 1.807) is 4.90 Å². The second-order valence-electron chi connectivity index (χ2n) is 5.54. The second-order valence-corrected chi connectivity index (χ2v) is 5.54. The molecule has 1 rings (SSSR count). The fourth-order valence-corrected chi connectivity index (χ4v) is 1.87. The number of nitrogens with one attached hydrogen (secondary N) is 1. The van der Waals surface area contributed by atoms with Crippen molar-refractivity contribution in [2.24, 2.45) is 0 Å². The average Bonchev–Trinajstić information content (AvgIpc) is 2.24. The molecule has 0 radical (unpaired) electrons. The van der Waals surface area contributed by atoms with Crippen molar-refractivity contribution in [1.29, 1.82) is 0 Å². The molecule has 6 nitrogen and oxygen atoms in total. The van der Waals surface area contributed by atoms with E-state index in [9.17, 15) is 9.59 Å². The number of rotatable bonds is 3. The summed E-state index contributed by atoms with van der Waals surface area (Å²) in [6.45, 7) is 6.58. The number of carboxylic acid groups (broad SMARTS) is 1. The molecule has 1 aliphatic heterocycles. The van der Waals surface area contributed by atoms with Gasteiger partial charge in [-0.05, 0) is 33.6 Å². The van der Waals surface area contributed by atoms with Gasteiger partial charge in [-0.15, -0.1) is 0 Å².